The molecule has 4 heteroatoms. The van der Waals surface area contributed by atoms with Gasteiger partial charge in [-0.05, 0) is 52.9 Å². The van der Waals surface area contributed by atoms with Gasteiger partial charge in [-0.1, -0.05) is 6.92 Å². The van der Waals surface area contributed by atoms with Crippen LogP contribution in [-0.4, -0.2) is 23.9 Å². The van der Waals surface area contributed by atoms with Crippen molar-refractivity contribution in [2.24, 2.45) is 5.92 Å². The molecule has 1 amide bonds. The van der Waals surface area contributed by atoms with Crippen molar-refractivity contribution in [3.05, 3.63) is 28.2 Å². The van der Waals surface area contributed by atoms with E-state index in [-0.39, 0.29) is 5.91 Å². The number of nitrogens with zero attached hydrogens (tertiary/aromatic N) is 1. The molecule has 0 saturated carbocycles. The molecule has 0 radical (unpaired) electrons. The SMILES string of the molecule is C[C@@H]1CCCN(C(=O)c2ccc(Br)c(N)c2)C1. The summed E-state index contributed by atoms with van der Waals surface area (Å²) in [6.07, 6.45) is 2.31. The molecule has 1 fully saturated rings. The van der Waals surface area contributed by atoms with Crippen LogP contribution in [0.4, 0.5) is 5.69 Å². The molecule has 3 nitrogen and oxygen atoms in total. The van der Waals surface area contributed by atoms with E-state index in [1.807, 2.05) is 17.0 Å². The molecule has 1 aromatic carbocycles. The Bertz CT molecular complexity index is 433. The zero-order chi connectivity index (χ0) is 12.4. The van der Waals surface area contributed by atoms with Crippen molar-refractivity contribution in [2.45, 2.75) is 19.8 Å². The monoisotopic (exact) mass is 296 g/mol. The van der Waals surface area contributed by atoms with E-state index in [1.54, 1.807) is 6.07 Å². The van der Waals surface area contributed by atoms with Crippen LogP contribution in [-0.2, 0) is 0 Å². The lowest BCUT2D eigenvalue weighted by molar-refractivity contribution is 0.0683. The van der Waals surface area contributed by atoms with Crippen LogP contribution >= 0.6 is 15.9 Å². The van der Waals surface area contributed by atoms with Gasteiger partial charge in [-0.2, -0.15) is 0 Å². The number of carbonyl (C=O) groups excluding carboxylic acids is 1. The molecule has 1 atom stereocenters. The van der Waals surface area contributed by atoms with Gasteiger partial charge < -0.3 is 10.6 Å². The van der Waals surface area contributed by atoms with E-state index in [0.29, 0.717) is 17.2 Å². The molecular weight excluding hydrogens is 280 g/mol. The van der Waals surface area contributed by atoms with Gasteiger partial charge in [0.25, 0.3) is 5.91 Å². The summed E-state index contributed by atoms with van der Waals surface area (Å²) in [5.41, 5.74) is 7.09. The first-order valence-electron chi connectivity index (χ1n) is 5.92. The van der Waals surface area contributed by atoms with Crippen molar-refractivity contribution in [2.75, 3.05) is 18.8 Å². The number of piperidine rings is 1. The minimum absolute atomic E-state index is 0.0933. The fourth-order valence-electron chi connectivity index (χ4n) is 2.23. The molecule has 17 heavy (non-hydrogen) atoms. The Morgan fingerprint density at radius 3 is 2.94 bits per heavy atom. The third-order valence-electron chi connectivity index (χ3n) is 3.19. The number of carbonyl (C=O) groups is 1. The summed E-state index contributed by atoms with van der Waals surface area (Å²) in [5.74, 6) is 0.691. The average Bonchev–Trinajstić information content (AvgIpc) is 2.32. The maximum Gasteiger partial charge on any atom is 0.253 e. The first kappa shape index (κ1) is 12.4. The van der Waals surface area contributed by atoms with Crippen molar-refractivity contribution in [3.8, 4) is 0 Å². The molecule has 0 aromatic heterocycles. The van der Waals surface area contributed by atoms with Gasteiger partial charge in [-0.25, -0.2) is 0 Å². The first-order valence-corrected chi connectivity index (χ1v) is 6.71. The van der Waals surface area contributed by atoms with Crippen molar-refractivity contribution in [1.29, 1.82) is 0 Å². The molecule has 2 N–H and O–H groups in total. The maximum absolute atomic E-state index is 12.3. The molecule has 1 aliphatic heterocycles. The number of halogens is 1. The summed E-state index contributed by atoms with van der Waals surface area (Å²) in [4.78, 5) is 14.2. The highest BCUT2D eigenvalue weighted by molar-refractivity contribution is 9.10. The number of rotatable bonds is 1. The van der Waals surface area contributed by atoms with Crippen LogP contribution in [0.25, 0.3) is 0 Å². The third kappa shape index (κ3) is 2.80. The molecule has 0 spiro atoms. The predicted octanol–water partition coefficient (Wildman–Crippen LogP) is 2.90. The lowest BCUT2D eigenvalue weighted by Gasteiger charge is -2.31. The van der Waals surface area contributed by atoms with Gasteiger partial charge in [0.15, 0.2) is 0 Å². The molecule has 1 aromatic rings. The second-order valence-electron chi connectivity index (χ2n) is 4.73. The Kier molecular flexibility index (Phi) is 3.72. The van der Waals surface area contributed by atoms with Crippen molar-refractivity contribution >= 4 is 27.5 Å². The Morgan fingerprint density at radius 1 is 1.53 bits per heavy atom. The van der Waals surface area contributed by atoms with Gasteiger partial charge in [0.2, 0.25) is 0 Å². The maximum atomic E-state index is 12.3. The normalized spacial score (nSPS) is 20.4. The van der Waals surface area contributed by atoms with E-state index in [2.05, 4.69) is 22.9 Å². The van der Waals surface area contributed by atoms with Crippen LogP contribution in [0.5, 0.6) is 0 Å². The Hall–Kier alpha value is -1.03. The van der Waals surface area contributed by atoms with Gasteiger partial charge in [-0.3, -0.25) is 4.79 Å². The fourth-order valence-corrected chi connectivity index (χ4v) is 2.48. The number of benzene rings is 1. The molecule has 0 bridgehead atoms. The summed E-state index contributed by atoms with van der Waals surface area (Å²) in [7, 11) is 0. The van der Waals surface area contributed by atoms with Crippen LogP contribution in [0.2, 0.25) is 0 Å². The molecule has 1 aliphatic rings. The summed E-state index contributed by atoms with van der Waals surface area (Å²) < 4.78 is 0.834. The number of nitrogen functional groups attached to an aromatic ring is 1. The van der Waals surface area contributed by atoms with Gasteiger partial charge in [0, 0.05) is 28.8 Å². The number of nitrogens with two attached hydrogens (primary N) is 1. The van der Waals surface area contributed by atoms with Crippen LogP contribution in [0, 0.1) is 5.92 Å². The Morgan fingerprint density at radius 2 is 2.29 bits per heavy atom. The molecule has 0 aliphatic carbocycles. The summed E-state index contributed by atoms with van der Waals surface area (Å²) >= 11 is 3.33. The largest absolute Gasteiger partial charge is 0.398 e. The standard InChI is InChI=1S/C13H17BrN2O/c1-9-3-2-6-16(8-9)13(17)10-4-5-11(14)12(15)7-10/h4-5,7,9H,2-3,6,8,15H2,1H3/t9-/m1/s1. The van der Waals surface area contributed by atoms with Crippen LogP contribution < -0.4 is 5.73 Å². The van der Waals surface area contributed by atoms with E-state index in [4.69, 9.17) is 5.73 Å². The minimum Gasteiger partial charge on any atom is -0.398 e. The van der Waals surface area contributed by atoms with Crippen molar-refractivity contribution in [1.82, 2.24) is 4.90 Å². The van der Waals surface area contributed by atoms with Crippen molar-refractivity contribution < 1.29 is 4.79 Å². The lowest BCUT2D eigenvalue weighted by Crippen LogP contribution is -2.39. The highest BCUT2D eigenvalue weighted by Crippen LogP contribution is 2.23. The van der Waals surface area contributed by atoms with E-state index in [9.17, 15) is 4.79 Å². The fraction of sp³-hybridized carbons (Fsp3) is 0.462. The van der Waals surface area contributed by atoms with Crippen molar-refractivity contribution in [3.63, 3.8) is 0 Å². The van der Waals surface area contributed by atoms with Gasteiger partial charge in [-0.15, -0.1) is 0 Å². The molecule has 1 saturated heterocycles. The van der Waals surface area contributed by atoms with E-state index >= 15 is 0 Å². The molecule has 0 unspecified atom stereocenters. The summed E-state index contributed by atoms with van der Waals surface area (Å²) in [6, 6.07) is 5.39. The molecule has 2 rings (SSSR count). The number of amides is 1. The summed E-state index contributed by atoms with van der Waals surface area (Å²) in [5, 5.41) is 0. The number of likely N-dealkylation sites (tertiary alicyclic amines) is 1. The highest BCUT2D eigenvalue weighted by atomic mass is 79.9. The average molecular weight is 297 g/mol. The van der Waals surface area contributed by atoms with E-state index in [0.717, 1.165) is 24.0 Å². The minimum atomic E-state index is 0.0933. The molecular formula is C13H17BrN2O. The van der Waals surface area contributed by atoms with Crippen LogP contribution in [0.1, 0.15) is 30.1 Å². The van der Waals surface area contributed by atoms with Crippen LogP contribution in [0.15, 0.2) is 22.7 Å². The lowest BCUT2D eigenvalue weighted by atomic mass is 9.99. The Balaban J connectivity index is 2.15. The zero-order valence-electron chi connectivity index (χ0n) is 9.95. The van der Waals surface area contributed by atoms with Gasteiger partial charge in [0.1, 0.15) is 0 Å². The first-order chi connectivity index (χ1) is 8.08. The quantitative estimate of drug-likeness (QED) is 0.810. The predicted molar refractivity (Wildman–Crippen MR) is 72.9 cm³/mol. The second kappa shape index (κ2) is 5.08. The topological polar surface area (TPSA) is 46.3 Å². The third-order valence-corrected chi connectivity index (χ3v) is 3.91. The van der Waals surface area contributed by atoms with Gasteiger partial charge in [0.05, 0.1) is 0 Å². The highest BCUT2D eigenvalue weighted by Gasteiger charge is 2.22. The van der Waals surface area contributed by atoms with Gasteiger partial charge >= 0.3 is 0 Å². The smallest absolute Gasteiger partial charge is 0.253 e. The second-order valence-corrected chi connectivity index (χ2v) is 5.59. The zero-order valence-corrected chi connectivity index (χ0v) is 11.5. The number of hydrogen-bond donors (Lipinski definition) is 1. The molecule has 92 valence electrons. The summed E-state index contributed by atoms with van der Waals surface area (Å²) in [6.45, 7) is 3.91. The van der Waals surface area contributed by atoms with E-state index < -0.39 is 0 Å². The van der Waals surface area contributed by atoms with E-state index in [1.165, 1.54) is 6.42 Å². The Labute approximate surface area is 110 Å². The van der Waals surface area contributed by atoms with Crippen LogP contribution in [0.3, 0.4) is 0 Å². The molecule has 1 heterocycles. The number of hydrogen-bond acceptors (Lipinski definition) is 2. The number of anilines is 1.